The third kappa shape index (κ3) is 3.94. The summed E-state index contributed by atoms with van der Waals surface area (Å²) in [5, 5.41) is 0. The minimum absolute atomic E-state index is 0.0821. The van der Waals surface area contributed by atoms with Crippen molar-refractivity contribution in [2.75, 3.05) is 18.6 Å². The number of ether oxygens (including phenoxy) is 1. The second-order valence-corrected chi connectivity index (χ2v) is 8.96. The number of carbonyl (C=O) groups is 1. The molecule has 3 aromatic carbocycles. The predicted molar refractivity (Wildman–Crippen MR) is 115 cm³/mol. The van der Waals surface area contributed by atoms with Gasteiger partial charge in [0, 0.05) is 6.54 Å². The first-order valence-corrected chi connectivity index (χ1v) is 11.0. The van der Waals surface area contributed by atoms with Crippen LogP contribution in [0.5, 0.6) is 5.75 Å². The van der Waals surface area contributed by atoms with E-state index in [1.807, 2.05) is 36.4 Å². The molecule has 1 amide bonds. The molecule has 0 N–H and O–H groups in total. The lowest BCUT2D eigenvalue weighted by atomic mass is 10.2. The first-order valence-electron chi connectivity index (χ1n) is 9.55. The molecule has 4 rings (SSSR count). The van der Waals surface area contributed by atoms with Gasteiger partial charge in [-0.15, -0.1) is 0 Å². The van der Waals surface area contributed by atoms with Crippen LogP contribution in [0.2, 0.25) is 0 Å². The number of sulfonamides is 1. The summed E-state index contributed by atoms with van der Waals surface area (Å²) in [5.74, 6) is 0.368. The highest BCUT2D eigenvalue weighted by Gasteiger charge is 2.36. The molecule has 0 fully saturated rings. The minimum Gasteiger partial charge on any atom is -0.497 e. The third-order valence-corrected chi connectivity index (χ3v) is 6.90. The van der Waals surface area contributed by atoms with E-state index in [4.69, 9.17) is 4.74 Å². The maximum absolute atomic E-state index is 13.4. The van der Waals surface area contributed by atoms with Crippen molar-refractivity contribution in [3.05, 3.63) is 90.0 Å². The minimum atomic E-state index is -3.87. The van der Waals surface area contributed by atoms with Crippen molar-refractivity contribution in [3.8, 4) is 5.75 Å². The molecule has 0 saturated heterocycles. The molecule has 154 valence electrons. The first-order chi connectivity index (χ1) is 14.5. The van der Waals surface area contributed by atoms with E-state index in [9.17, 15) is 13.2 Å². The van der Waals surface area contributed by atoms with Crippen LogP contribution < -0.4 is 9.64 Å². The molecule has 1 heterocycles. The standard InChI is InChI=1S/C23H22N2O4S/c1-29-20-11-7-10-19(14-20)15-24-17-23(26)25(16-18-8-3-2-4-9-18)21-12-5-6-13-22(21)30(24,27)28/h2-14H,15-17H2,1H3. The number of benzene rings is 3. The Morgan fingerprint density at radius 2 is 1.57 bits per heavy atom. The Bertz CT molecular complexity index is 1160. The molecular formula is C23H22N2O4S. The Morgan fingerprint density at radius 1 is 0.867 bits per heavy atom. The number of amides is 1. The summed E-state index contributed by atoms with van der Waals surface area (Å²) in [5.41, 5.74) is 2.08. The highest BCUT2D eigenvalue weighted by atomic mass is 32.2. The van der Waals surface area contributed by atoms with Gasteiger partial charge in [-0.2, -0.15) is 4.31 Å². The Kier molecular flexibility index (Phi) is 5.57. The Hall–Kier alpha value is -3.16. The lowest BCUT2D eigenvalue weighted by molar-refractivity contribution is -0.119. The maximum atomic E-state index is 13.4. The average molecular weight is 423 g/mol. The van der Waals surface area contributed by atoms with Crippen molar-refractivity contribution >= 4 is 21.6 Å². The average Bonchev–Trinajstić information content (AvgIpc) is 2.84. The summed E-state index contributed by atoms with van der Waals surface area (Å²) >= 11 is 0. The monoisotopic (exact) mass is 422 g/mol. The van der Waals surface area contributed by atoms with Crippen LogP contribution >= 0.6 is 0 Å². The number of anilines is 1. The SMILES string of the molecule is COc1cccc(CN2CC(=O)N(Cc3ccccc3)c3ccccc3S2(=O)=O)c1. The Balaban J connectivity index is 1.74. The molecule has 0 unspecified atom stereocenters. The number of rotatable bonds is 5. The lowest BCUT2D eigenvalue weighted by Crippen LogP contribution is -2.38. The molecule has 7 heteroatoms. The number of methoxy groups -OCH3 is 1. The van der Waals surface area contributed by atoms with Crippen LogP contribution in [0.4, 0.5) is 5.69 Å². The first kappa shape index (κ1) is 20.1. The molecule has 1 aliphatic heterocycles. The third-order valence-electron chi connectivity index (χ3n) is 5.06. The number of carbonyl (C=O) groups excluding carboxylic acids is 1. The van der Waals surface area contributed by atoms with E-state index < -0.39 is 10.0 Å². The second kappa shape index (κ2) is 8.30. The summed E-state index contributed by atoms with van der Waals surface area (Å²) in [6.07, 6.45) is 0. The summed E-state index contributed by atoms with van der Waals surface area (Å²) in [6.45, 7) is 0.152. The largest absolute Gasteiger partial charge is 0.497 e. The van der Waals surface area contributed by atoms with Crippen LogP contribution in [-0.2, 0) is 27.9 Å². The summed E-state index contributed by atoms with van der Waals surface area (Å²) in [6, 6.07) is 23.4. The van der Waals surface area contributed by atoms with Crippen LogP contribution in [0.25, 0.3) is 0 Å². The molecule has 0 aliphatic carbocycles. The van der Waals surface area contributed by atoms with Crippen LogP contribution in [0, 0.1) is 0 Å². The van der Waals surface area contributed by atoms with Crippen LogP contribution in [0.3, 0.4) is 0 Å². The van der Waals surface area contributed by atoms with Crippen molar-refractivity contribution in [1.29, 1.82) is 0 Å². The highest BCUT2D eigenvalue weighted by molar-refractivity contribution is 7.89. The molecular weight excluding hydrogens is 400 g/mol. The quantitative estimate of drug-likeness (QED) is 0.632. The van der Waals surface area contributed by atoms with E-state index in [0.717, 1.165) is 11.1 Å². The number of fused-ring (bicyclic) bond motifs is 1. The van der Waals surface area contributed by atoms with Gasteiger partial charge in [-0.05, 0) is 35.4 Å². The second-order valence-electron chi connectivity index (χ2n) is 7.06. The molecule has 30 heavy (non-hydrogen) atoms. The van der Waals surface area contributed by atoms with E-state index in [1.54, 1.807) is 54.5 Å². The fraction of sp³-hybridized carbons (Fsp3) is 0.174. The van der Waals surface area contributed by atoms with Crippen molar-refractivity contribution < 1.29 is 17.9 Å². The number of hydrogen-bond donors (Lipinski definition) is 0. The highest BCUT2D eigenvalue weighted by Crippen LogP contribution is 2.33. The van der Waals surface area contributed by atoms with Crippen molar-refractivity contribution in [3.63, 3.8) is 0 Å². The van der Waals surface area contributed by atoms with Gasteiger partial charge in [-0.25, -0.2) is 8.42 Å². The van der Waals surface area contributed by atoms with Gasteiger partial charge in [-0.1, -0.05) is 54.6 Å². The van der Waals surface area contributed by atoms with Gasteiger partial charge in [0.25, 0.3) is 0 Å². The van der Waals surface area contributed by atoms with Gasteiger partial charge in [0.15, 0.2) is 0 Å². The fourth-order valence-corrected chi connectivity index (χ4v) is 5.12. The molecule has 0 radical (unpaired) electrons. The summed E-state index contributed by atoms with van der Waals surface area (Å²) in [4.78, 5) is 14.9. The zero-order chi connectivity index (χ0) is 21.1. The molecule has 0 spiro atoms. The number of hydrogen-bond acceptors (Lipinski definition) is 4. The normalized spacial score (nSPS) is 16.0. The predicted octanol–water partition coefficient (Wildman–Crippen LogP) is 3.43. The molecule has 0 bridgehead atoms. The van der Waals surface area contributed by atoms with Gasteiger partial charge >= 0.3 is 0 Å². The lowest BCUT2D eigenvalue weighted by Gasteiger charge is -2.22. The van der Waals surface area contributed by atoms with Crippen LogP contribution in [0.15, 0.2) is 83.8 Å². The van der Waals surface area contributed by atoms with E-state index in [1.165, 1.54) is 4.31 Å². The van der Waals surface area contributed by atoms with Gasteiger partial charge in [-0.3, -0.25) is 4.79 Å². The fourth-order valence-electron chi connectivity index (χ4n) is 3.55. The zero-order valence-corrected chi connectivity index (χ0v) is 17.4. The molecule has 6 nitrogen and oxygen atoms in total. The van der Waals surface area contributed by atoms with Gasteiger partial charge in [0.05, 0.1) is 25.9 Å². The van der Waals surface area contributed by atoms with E-state index >= 15 is 0 Å². The van der Waals surface area contributed by atoms with Crippen LogP contribution in [-0.4, -0.2) is 32.3 Å². The number of para-hydroxylation sites is 1. The molecule has 0 saturated carbocycles. The molecule has 3 aromatic rings. The van der Waals surface area contributed by atoms with E-state index in [0.29, 0.717) is 18.0 Å². The van der Waals surface area contributed by atoms with Crippen LogP contribution in [0.1, 0.15) is 11.1 Å². The smallest absolute Gasteiger partial charge is 0.245 e. The van der Waals surface area contributed by atoms with E-state index in [-0.39, 0.29) is 23.9 Å². The Morgan fingerprint density at radius 3 is 2.33 bits per heavy atom. The zero-order valence-electron chi connectivity index (χ0n) is 16.6. The summed E-state index contributed by atoms with van der Waals surface area (Å²) < 4.78 is 33.4. The maximum Gasteiger partial charge on any atom is 0.245 e. The van der Waals surface area contributed by atoms with Crippen molar-refractivity contribution in [1.82, 2.24) is 4.31 Å². The van der Waals surface area contributed by atoms with Crippen molar-refractivity contribution in [2.24, 2.45) is 0 Å². The van der Waals surface area contributed by atoms with Gasteiger partial charge in [0.1, 0.15) is 10.6 Å². The molecule has 1 aliphatic rings. The molecule has 0 aromatic heterocycles. The van der Waals surface area contributed by atoms with Crippen molar-refractivity contribution in [2.45, 2.75) is 18.0 Å². The molecule has 0 atom stereocenters. The summed E-state index contributed by atoms with van der Waals surface area (Å²) in [7, 11) is -2.31. The van der Waals surface area contributed by atoms with Gasteiger partial charge in [0.2, 0.25) is 15.9 Å². The topological polar surface area (TPSA) is 66.9 Å². The van der Waals surface area contributed by atoms with E-state index in [2.05, 4.69) is 0 Å². The number of nitrogens with zero attached hydrogens (tertiary/aromatic N) is 2. The van der Waals surface area contributed by atoms with Gasteiger partial charge < -0.3 is 9.64 Å². The Labute approximate surface area is 176 Å².